The van der Waals surface area contributed by atoms with Gasteiger partial charge in [-0.2, -0.15) is 0 Å². The number of nitrogens with zero attached hydrogens (tertiary/aromatic N) is 1. The maximum atomic E-state index is 14.2. The fourth-order valence-corrected chi connectivity index (χ4v) is 3.76. The average molecular weight is 420 g/mol. The molecule has 1 unspecified atom stereocenters. The van der Waals surface area contributed by atoms with Crippen molar-refractivity contribution in [3.8, 4) is 11.5 Å². The molecule has 1 heterocycles. The van der Waals surface area contributed by atoms with E-state index in [2.05, 4.69) is 5.32 Å². The predicted octanol–water partition coefficient (Wildman–Crippen LogP) is 4.03. The fraction of sp³-hybridized carbons (Fsp3) is 0.167. The first kappa shape index (κ1) is 20.4. The highest BCUT2D eigenvalue weighted by molar-refractivity contribution is 6.01. The minimum absolute atomic E-state index is 0.200. The Labute approximate surface area is 179 Å². The molecule has 1 aliphatic rings. The van der Waals surface area contributed by atoms with Gasteiger partial charge >= 0.3 is 0 Å². The van der Waals surface area contributed by atoms with E-state index in [0.717, 1.165) is 5.56 Å². The number of amides is 2. The third-order valence-corrected chi connectivity index (χ3v) is 5.18. The van der Waals surface area contributed by atoms with E-state index in [0.29, 0.717) is 28.3 Å². The third kappa shape index (κ3) is 4.07. The maximum absolute atomic E-state index is 14.2. The maximum Gasteiger partial charge on any atom is 0.255 e. The molecule has 4 rings (SSSR count). The molecule has 0 saturated heterocycles. The first-order valence-corrected chi connectivity index (χ1v) is 9.68. The van der Waals surface area contributed by atoms with Crippen LogP contribution in [0.1, 0.15) is 27.5 Å². The van der Waals surface area contributed by atoms with Crippen molar-refractivity contribution >= 4 is 17.5 Å². The lowest BCUT2D eigenvalue weighted by atomic mass is 9.95. The number of nitrogens with one attached hydrogen (secondary N) is 1. The average Bonchev–Trinajstić information content (AvgIpc) is 2.94. The zero-order valence-electron chi connectivity index (χ0n) is 17.1. The van der Waals surface area contributed by atoms with E-state index < -0.39 is 17.8 Å². The second-order valence-corrected chi connectivity index (χ2v) is 7.13. The van der Waals surface area contributed by atoms with Gasteiger partial charge in [0, 0.05) is 22.9 Å². The lowest BCUT2D eigenvalue weighted by Crippen LogP contribution is -2.39. The molecule has 3 aromatic rings. The van der Waals surface area contributed by atoms with E-state index in [1.807, 2.05) is 30.3 Å². The number of fused-ring (bicyclic) bond motifs is 1. The lowest BCUT2D eigenvalue weighted by molar-refractivity contribution is -0.117. The largest absolute Gasteiger partial charge is 0.497 e. The van der Waals surface area contributed by atoms with Crippen LogP contribution in [0, 0.1) is 5.82 Å². The lowest BCUT2D eigenvalue weighted by Gasteiger charge is -2.31. The van der Waals surface area contributed by atoms with E-state index in [9.17, 15) is 14.0 Å². The molecule has 3 aromatic carbocycles. The van der Waals surface area contributed by atoms with Gasteiger partial charge in [-0.3, -0.25) is 9.59 Å². The van der Waals surface area contributed by atoms with Crippen LogP contribution in [-0.2, 0) is 4.79 Å². The van der Waals surface area contributed by atoms with Gasteiger partial charge in [-0.05, 0) is 35.9 Å². The summed E-state index contributed by atoms with van der Waals surface area (Å²) in [5.74, 6) is -0.326. The molecule has 0 radical (unpaired) electrons. The van der Waals surface area contributed by atoms with Gasteiger partial charge in [0.2, 0.25) is 5.91 Å². The smallest absolute Gasteiger partial charge is 0.255 e. The highest BCUT2D eigenvalue weighted by atomic mass is 19.1. The van der Waals surface area contributed by atoms with Crippen molar-refractivity contribution in [2.24, 2.45) is 0 Å². The molecule has 2 amide bonds. The molecule has 0 aliphatic carbocycles. The molecule has 0 fully saturated rings. The summed E-state index contributed by atoms with van der Waals surface area (Å²) < 4.78 is 24.8. The van der Waals surface area contributed by atoms with Crippen LogP contribution in [0.5, 0.6) is 11.5 Å². The fourth-order valence-electron chi connectivity index (χ4n) is 3.76. The van der Waals surface area contributed by atoms with Gasteiger partial charge in [-0.1, -0.05) is 30.3 Å². The molecular formula is C24H21FN2O4. The summed E-state index contributed by atoms with van der Waals surface area (Å²) in [6.07, 6.45) is 0. The van der Waals surface area contributed by atoms with Crippen LogP contribution in [0.3, 0.4) is 0 Å². The number of carbonyl (C=O) groups is 2. The Balaban J connectivity index is 1.88. The van der Waals surface area contributed by atoms with Crippen LogP contribution in [0.15, 0.2) is 66.7 Å². The van der Waals surface area contributed by atoms with Crippen molar-refractivity contribution < 1.29 is 23.5 Å². The number of hydrogen-bond acceptors (Lipinski definition) is 4. The molecule has 158 valence electrons. The van der Waals surface area contributed by atoms with Crippen LogP contribution in [0.2, 0.25) is 0 Å². The molecule has 0 spiro atoms. The first-order chi connectivity index (χ1) is 15.0. The van der Waals surface area contributed by atoms with E-state index in [1.54, 1.807) is 18.2 Å². The molecule has 6 nitrogen and oxygen atoms in total. The van der Waals surface area contributed by atoms with Crippen molar-refractivity contribution in [3.63, 3.8) is 0 Å². The van der Waals surface area contributed by atoms with Crippen molar-refractivity contribution in [2.45, 2.75) is 6.04 Å². The van der Waals surface area contributed by atoms with E-state index in [1.165, 1.54) is 37.3 Å². The molecule has 0 saturated carbocycles. The van der Waals surface area contributed by atoms with Crippen molar-refractivity contribution in [3.05, 3.63) is 89.2 Å². The Hall–Kier alpha value is -3.87. The van der Waals surface area contributed by atoms with Gasteiger partial charge in [-0.25, -0.2) is 4.39 Å². The standard InChI is InChI=1S/C24H21FN2O4/c1-30-18-10-16(11-19(13-18)31-2)24(29)27-14-22(28)26-21-9-8-17(25)12-20(21)23(27)15-6-4-3-5-7-15/h3-13,23H,14H2,1-2H3,(H,26,28). The zero-order chi connectivity index (χ0) is 22.0. The number of carbonyl (C=O) groups excluding carboxylic acids is 2. The highest BCUT2D eigenvalue weighted by Crippen LogP contribution is 2.37. The summed E-state index contributed by atoms with van der Waals surface area (Å²) in [4.78, 5) is 27.7. The SMILES string of the molecule is COc1cc(OC)cc(C(=O)N2CC(=O)Nc3ccc(F)cc3C2c2ccccc2)c1. The first-order valence-electron chi connectivity index (χ1n) is 9.68. The normalized spacial score (nSPS) is 15.5. The van der Waals surface area contributed by atoms with E-state index in [4.69, 9.17) is 9.47 Å². The molecule has 1 N–H and O–H groups in total. The highest BCUT2D eigenvalue weighted by Gasteiger charge is 2.34. The van der Waals surface area contributed by atoms with E-state index >= 15 is 0 Å². The number of halogens is 1. The Morgan fingerprint density at radius 2 is 1.68 bits per heavy atom. The van der Waals surface area contributed by atoms with Gasteiger partial charge in [0.1, 0.15) is 23.9 Å². The Bertz CT molecular complexity index is 1110. The summed E-state index contributed by atoms with van der Waals surface area (Å²) in [6, 6.07) is 17.5. The quantitative estimate of drug-likeness (QED) is 0.692. The van der Waals surface area contributed by atoms with Gasteiger partial charge in [0.15, 0.2) is 0 Å². The Morgan fingerprint density at radius 1 is 1.00 bits per heavy atom. The summed E-state index contributed by atoms with van der Waals surface area (Å²) in [5, 5.41) is 2.78. The monoisotopic (exact) mass is 420 g/mol. The molecule has 7 heteroatoms. The number of rotatable bonds is 4. The summed E-state index contributed by atoms with van der Waals surface area (Å²) in [7, 11) is 2.99. The molecule has 1 atom stereocenters. The second-order valence-electron chi connectivity index (χ2n) is 7.13. The second kappa shape index (κ2) is 8.47. The summed E-state index contributed by atoms with van der Waals surface area (Å²) >= 11 is 0. The molecular weight excluding hydrogens is 399 g/mol. The number of hydrogen-bond donors (Lipinski definition) is 1. The summed E-state index contributed by atoms with van der Waals surface area (Å²) in [5.41, 5.74) is 2.03. The Kier molecular flexibility index (Phi) is 5.58. The van der Waals surface area contributed by atoms with Crippen LogP contribution in [0.4, 0.5) is 10.1 Å². The zero-order valence-corrected chi connectivity index (χ0v) is 17.1. The van der Waals surface area contributed by atoms with Gasteiger partial charge in [0.05, 0.1) is 20.3 Å². The molecule has 0 bridgehead atoms. The van der Waals surface area contributed by atoms with E-state index in [-0.39, 0.29) is 12.5 Å². The summed E-state index contributed by atoms with van der Waals surface area (Å²) in [6.45, 7) is -0.200. The number of methoxy groups -OCH3 is 2. The molecule has 31 heavy (non-hydrogen) atoms. The van der Waals surface area contributed by atoms with Gasteiger partial charge in [-0.15, -0.1) is 0 Å². The Morgan fingerprint density at radius 3 is 2.32 bits per heavy atom. The third-order valence-electron chi connectivity index (χ3n) is 5.18. The minimum atomic E-state index is -0.671. The van der Waals surface area contributed by atoms with Crippen molar-refractivity contribution in [1.82, 2.24) is 4.90 Å². The van der Waals surface area contributed by atoms with Crippen LogP contribution < -0.4 is 14.8 Å². The van der Waals surface area contributed by atoms with Crippen LogP contribution in [-0.4, -0.2) is 37.5 Å². The van der Waals surface area contributed by atoms with Crippen LogP contribution >= 0.6 is 0 Å². The van der Waals surface area contributed by atoms with Crippen molar-refractivity contribution in [2.75, 3.05) is 26.1 Å². The minimum Gasteiger partial charge on any atom is -0.497 e. The topological polar surface area (TPSA) is 67.9 Å². The number of anilines is 1. The predicted molar refractivity (Wildman–Crippen MR) is 114 cm³/mol. The molecule has 0 aromatic heterocycles. The molecule has 1 aliphatic heterocycles. The number of benzene rings is 3. The van der Waals surface area contributed by atoms with Gasteiger partial charge in [0.25, 0.3) is 5.91 Å². The van der Waals surface area contributed by atoms with Gasteiger partial charge < -0.3 is 19.7 Å². The van der Waals surface area contributed by atoms with Crippen molar-refractivity contribution in [1.29, 1.82) is 0 Å². The van der Waals surface area contributed by atoms with Crippen LogP contribution in [0.25, 0.3) is 0 Å². The number of ether oxygens (including phenoxy) is 2.